The van der Waals surface area contributed by atoms with Crippen LogP contribution in [0.5, 0.6) is 0 Å². The maximum atomic E-state index is 12.3. The minimum atomic E-state index is -1.02. The Kier molecular flexibility index (Phi) is 6.54. The van der Waals surface area contributed by atoms with Crippen molar-refractivity contribution < 1.29 is 23.8 Å². The third-order valence-corrected chi connectivity index (χ3v) is 3.65. The van der Waals surface area contributed by atoms with Crippen molar-refractivity contribution >= 4 is 28.6 Å². The SMILES string of the molecule is CCCc1c(NC/C=C/C(=O)O)ccc2c(=O)cc(C(=O)OCC)oc12. The molecule has 2 rings (SSSR count). The molecule has 1 heterocycles. The second-order valence-corrected chi connectivity index (χ2v) is 5.54. The minimum Gasteiger partial charge on any atom is -0.478 e. The van der Waals surface area contributed by atoms with Crippen LogP contribution in [0.3, 0.4) is 0 Å². The van der Waals surface area contributed by atoms with Crippen molar-refractivity contribution in [2.45, 2.75) is 26.7 Å². The number of aliphatic carboxylic acids is 1. The molecule has 0 spiro atoms. The highest BCUT2D eigenvalue weighted by Gasteiger charge is 2.17. The van der Waals surface area contributed by atoms with Crippen LogP contribution >= 0.6 is 0 Å². The lowest BCUT2D eigenvalue weighted by molar-refractivity contribution is -0.131. The van der Waals surface area contributed by atoms with Crippen molar-refractivity contribution in [2.75, 3.05) is 18.5 Å². The van der Waals surface area contributed by atoms with Gasteiger partial charge in [0.1, 0.15) is 5.58 Å². The third-order valence-electron chi connectivity index (χ3n) is 3.65. The Morgan fingerprint density at radius 3 is 2.73 bits per heavy atom. The van der Waals surface area contributed by atoms with Crippen molar-refractivity contribution in [3.05, 3.63) is 51.9 Å². The molecule has 0 fully saturated rings. The summed E-state index contributed by atoms with van der Waals surface area (Å²) in [6, 6.07) is 4.51. The molecule has 26 heavy (non-hydrogen) atoms. The van der Waals surface area contributed by atoms with Crippen molar-refractivity contribution in [3.63, 3.8) is 0 Å². The summed E-state index contributed by atoms with van der Waals surface area (Å²) in [5, 5.41) is 12.1. The number of anilines is 1. The van der Waals surface area contributed by atoms with E-state index in [0.717, 1.165) is 29.8 Å². The standard InChI is InChI=1S/C19H21NO6/c1-3-6-12-14(20-10-5-7-17(22)23)9-8-13-15(21)11-16(26-18(12)13)19(24)25-4-2/h5,7-9,11,20H,3-4,6,10H2,1-2H3,(H,22,23)/b7-5+. The normalized spacial score (nSPS) is 11.0. The third kappa shape index (κ3) is 4.50. The molecule has 1 aromatic heterocycles. The molecule has 0 saturated carbocycles. The number of esters is 1. The molecule has 0 amide bonds. The molecule has 0 aliphatic heterocycles. The van der Waals surface area contributed by atoms with Crippen LogP contribution in [-0.2, 0) is 16.0 Å². The monoisotopic (exact) mass is 359 g/mol. The van der Waals surface area contributed by atoms with E-state index in [1.807, 2.05) is 6.92 Å². The summed E-state index contributed by atoms with van der Waals surface area (Å²) < 4.78 is 10.6. The zero-order valence-electron chi connectivity index (χ0n) is 14.7. The van der Waals surface area contributed by atoms with Crippen LogP contribution in [0, 0.1) is 0 Å². The van der Waals surface area contributed by atoms with Gasteiger partial charge in [-0.3, -0.25) is 4.79 Å². The lowest BCUT2D eigenvalue weighted by atomic mass is 10.0. The smallest absolute Gasteiger partial charge is 0.374 e. The molecule has 0 saturated heterocycles. The average Bonchev–Trinajstić information content (AvgIpc) is 2.60. The van der Waals surface area contributed by atoms with Crippen LogP contribution in [0.25, 0.3) is 11.0 Å². The molecule has 138 valence electrons. The van der Waals surface area contributed by atoms with E-state index in [4.69, 9.17) is 14.3 Å². The average molecular weight is 359 g/mol. The van der Waals surface area contributed by atoms with Crippen LogP contribution in [-0.4, -0.2) is 30.2 Å². The Bertz CT molecular complexity index is 897. The molecule has 1 aromatic carbocycles. The van der Waals surface area contributed by atoms with Gasteiger partial charge in [0, 0.05) is 29.9 Å². The van der Waals surface area contributed by atoms with E-state index in [1.54, 1.807) is 19.1 Å². The van der Waals surface area contributed by atoms with Gasteiger partial charge in [0.2, 0.25) is 5.76 Å². The van der Waals surface area contributed by atoms with E-state index < -0.39 is 11.9 Å². The number of hydrogen-bond acceptors (Lipinski definition) is 6. The topological polar surface area (TPSA) is 106 Å². The Morgan fingerprint density at radius 2 is 2.08 bits per heavy atom. The molecule has 0 atom stereocenters. The van der Waals surface area contributed by atoms with Gasteiger partial charge in [-0.05, 0) is 25.5 Å². The number of fused-ring (bicyclic) bond motifs is 1. The van der Waals surface area contributed by atoms with Gasteiger partial charge < -0.3 is 19.6 Å². The summed E-state index contributed by atoms with van der Waals surface area (Å²) in [6.45, 7) is 4.14. The fourth-order valence-electron chi connectivity index (χ4n) is 2.57. The summed E-state index contributed by atoms with van der Waals surface area (Å²) in [6.07, 6.45) is 3.95. The number of rotatable bonds is 8. The molecule has 0 aliphatic rings. The molecule has 7 heteroatoms. The van der Waals surface area contributed by atoms with Crippen LogP contribution in [0.15, 0.2) is 39.6 Å². The van der Waals surface area contributed by atoms with Crippen molar-refractivity contribution in [3.8, 4) is 0 Å². The van der Waals surface area contributed by atoms with Gasteiger partial charge in [-0.25, -0.2) is 9.59 Å². The van der Waals surface area contributed by atoms with Gasteiger partial charge >= 0.3 is 11.9 Å². The Balaban J connectivity index is 2.50. The lowest BCUT2D eigenvalue weighted by Crippen LogP contribution is -2.11. The summed E-state index contributed by atoms with van der Waals surface area (Å²) in [5.74, 6) is -1.84. The van der Waals surface area contributed by atoms with E-state index in [0.29, 0.717) is 23.9 Å². The highest BCUT2D eigenvalue weighted by molar-refractivity contribution is 5.91. The fraction of sp³-hybridized carbons (Fsp3) is 0.316. The van der Waals surface area contributed by atoms with Gasteiger partial charge in [-0.15, -0.1) is 0 Å². The molecular weight excluding hydrogens is 338 g/mol. The largest absolute Gasteiger partial charge is 0.478 e. The number of hydrogen-bond donors (Lipinski definition) is 2. The summed E-state index contributed by atoms with van der Waals surface area (Å²) in [5.41, 5.74) is 1.51. The summed E-state index contributed by atoms with van der Waals surface area (Å²) >= 11 is 0. The van der Waals surface area contributed by atoms with Gasteiger partial charge in [0.05, 0.1) is 12.0 Å². The molecule has 0 radical (unpaired) electrons. The molecular formula is C19H21NO6. The van der Waals surface area contributed by atoms with Gasteiger partial charge in [0.25, 0.3) is 0 Å². The maximum absolute atomic E-state index is 12.3. The zero-order valence-corrected chi connectivity index (χ0v) is 14.7. The Labute approximate surface area is 150 Å². The predicted octanol–water partition coefficient (Wildman–Crippen LogP) is 2.97. The van der Waals surface area contributed by atoms with E-state index >= 15 is 0 Å². The maximum Gasteiger partial charge on any atom is 0.374 e. The summed E-state index contributed by atoms with van der Waals surface area (Å²) in [7, 11) is 0. The number of carbonyl (C=O) groups is 2. The molecule has 2 aromatic rings. The molecule has 7 nitrogen and oxygen atoms in total. The molecule has 0 bridgehead atoms. The molecule has 2 N–H and O–H groups in total. The van der Waals surface area contributed by atoms with Crippen LogP contribution < -0.4 is 10.7 Å². The number of ether oxygens (including phenoxy) is 1. The van der Waals surface area contributed by atoms with Gasteiger partial charge in [-0.1, -0.05) is 19.4 Å². The van der Waals surface area contributed by atoms with Crippen molar-refractivity contribution in [2.24, 2.45) is 0 Å². The van der Waals surface area contributed by atoms with E-state index in [9.17, 15) is 14.4 Å². The lowest BCUT2D eigenvalue weighted by Gasteiger charge is -2.13. The second-order valence-electron chi connectivity index (χ2n) is 5.54. The highest BCUT2D eigenvalue weighted by atomic mass is 16.5. The number of aryl methyl sites for hydroxylation is 1. The van der Waals surface area contributed by atoms with Gasteiger partial charge in [0.15, 0.2) is 5.43 Å². The number of benzene rings is 1. The van der Waals surface area contributed by atoms with Gasteiger partial charge in [-0.2, -0.15) is 0 Å². The number of nitrogens with one attached hydrogen (secondary N) is 1. The minimum absolute atomic E-state index is 0.135. The fourth-order valence-corrected chi connectivity index (χ4v) is 2.57. The van der Waals surface area contributed by atoms with E-state index in [-0.39, 0.29) is 17.8 Å². The van der Waals surface area contributed by atoms with Crippen molar-refractivity contribution in [1.82, 2.24) is 0 Å². The predicted molar refractivity (Wildman–Crippen MR) is 97.7 cm³/mol. The Morgan fingerprint density at radius 1 is 1.31 bits per heavy atom. The van der Waals surface area contributed by atoms with E-state index in [1.165, 1.54) is 6.08 Å². The molecule has 0 unspecified atom stereocenters. The zero-order chi connectivity index (χ0) is 19.1. The highest BCUT2D eigenvalue weighted by Crippen LogP contribution is 2.27. The van der Waals surface area contributed by atoms with Crippen LogP contribution in [0.2, 0.25) is 0 Å². The first kappa shape index (κ1) is 19.2. The van der Waals surface area contributed by atoms with Crippen LogP contribution in [0.4, 0.5) is 5.69 Å². The van der Waals surface area contributed by atoms with Crippen molar-refractivity contribution in [1.29, 1.82) is 0 Å². The number of carboxylic acid groups (broad SMARTS) is 1. The quantitative estimate of drug-likeness (QED) is 0.551. The van der Waals surface area contributed by atoms with Crippen LogP contribution in [0.1, 0.15) is 36.4 Å². The first-order valence-corrected chi connectivity index (χ1v) is 8.38. The first-order chi connectivity index (χ1) is 12.5. The van der Waals surface area contributed by atoms with E-state index in [2.05, 4.69) is 5.32 Å². The Hall–Kier alpha value is -3.09. The molecule has 0 aliphatic carbocycles. The number of carboxylic acids is 1. The summed E-state index contributed by atoms with van der Waals surface area (Å²) in [4.78, 5) is 34.8. The first-order valence-electron chi connectivity index (χ1n) is 8.38. The second kappa shape index (κ2) is 8.84. The number of carbonyl (C=O) groups excluding carboxylic acids is 1.